The Bertz CT molecular complexity index is 338. The summed E-state index contributed by atoms with van der Waals surface area (Å²) in [7, 11) is 0. The summed E-state index contributed by atoms with van der Waals surface area (Å²) in [5.41, 5.74) is 1.06. The van der Waals surface area contributed by atoms with E-state index in [4.69, 9.17) is 4.52 Å². The molecule has 1 aliphatic rings. The van der Waals surface area contributed by atoms with Crippen molar-refractivity contribution < 1.29 is 4.52 Å². The van der Waals surface area contributed by atoms with Gasteiger partial charge in [-0.15, -0.1) is 0 Å². The molecule has 4 heteroatoms. The van der Waals surface area contributed by atoms with Crippen LogP contribution < -0.4 is 0 Å². The van der Waals surface area contributed by atoms with Crippen LogP contribution in [0.1, 0.15) is 25.3 Å². The first-order valence-electron chi connectivity index (χ1n) is 5.91. The molecule has 1 atom stereocenters. The summed E-state index contributed by atoms with van der Waals surface area (Å²) < 4.78 is 5.10. The van der Waals surface area contributed by atoms with Crippen LogP contribution in [0, 0.1) is 12.8 Å². The van der Waals surface area contributed by atoms with Gasteiger partial charge in [0, 0.05) is 36.7 Å². The van der Waals surface area contributed by atoms with Crippen molar-refractivity contribution in [1.82, 2.24) is 10.1 Å². The van der Waals surface area contributed by atoms with Gasteiger partial charge in [0.05, 0.1) is 5.69 Å². The van der Waals surface area contributed by atoms with Crippen molar-refractivity contribution in [3.63, 3.8) is 0 Å². The van der Waals surface area contributed by atoms with Crippen LogP contribution >= 0.6 is 11.8 Å². The van der Waals surface area contributed by atoms with Crippen LogP contribution in [-0.4, -0.2) is 34.1 Å². The van der Waals surface area contributed by atoms with Crippen molar-refractivity contribution in [3.8, 4) is 0 Å². The van der Waals surface area contributed by atoms with Gasteiger partial charge in [-0.05, 0) is 12.8 Å². The van der Waals surface area contributed by atoms with Gasteiger partial charge in [0.25, 0.3) is 0 Å². The zero-order valence-electron chi connectivity index (χ0n) is 10.3. The van der Waals surface area contributed by atoms with Crippen LogP contribution in [0.15, 0.2) is 10.6 Å². The van der Waals surface area contributed by atoms with Gasteiger partial charge in [0.1, 0.15) is 5.76 Å². The summed E-state index contributed by atoms with van der Waals surface area (Å²) in [5.74, 6) is 2.90. The highest BCUT2D eigenvalue weighted by molar-refractivity contribution is 8.00. The van der Waals surface area contributed by atoms with Crippen molar-refractivity contribution in [1.29, 1.82) is 0 Å². The summed E-state index contributed by atoms with van der Waals surface area (Å²) >= 11 is 2.11. The smallest absolute Gasteiger partial charge is 0.133 e. The lowest BCUT2D eigenvalue weighted by molar-refractivity contribution is 0.251. The van der Waals surface area contributed by atoms with Gasteiger partial charge in [-0.2, -0.15) is 11.8 Å². The topological polar surface area (TPSA) is 29.3 Å². The number of aryl methyl sites for hydroxylation is 1. The molecule has 0 N–H and O–H groups in total. The van der Waals surface area contributed by atoms with E-state index in [0.717, 1.165) is 29.2 Å². The van der Waals surface area contributed by atoms with E-state index < -0.39 is 0 Å². The van der Waals surface area contributed by atoms with E-state index in [1.807, 2.05) is 13.0 Å². The van der Waals surface area contributed by atoms with Crippen LogP contribution in [0.25, 0.3) is 0 Å². The fraction of sp³-hybridized carbons (Fsp3) is 0.750. The molecule has 1 fully saturated rings. The molecule has 0 aromatic carbocycles. The molecule has 2 rings (SSSR count). The van der Waals surface area contributed by atoms with Gasteiger partial charge >= 0.3 is 0 Å². The largest absolute Gasteiger partial charge is 0.361 e. The standard InChI is InChI=1S/C12H20N2OS/c1-9(2)12-8-14(4-5-16-12)7-11-6-10(3)15-13-11/h6,9,12H,4-5,7-8H2,1-3H3. The Morgan fingerprint density at radius 1 is 1.62 bits per heavy atom. The zero-order chi connectivity index (χ0) is 11.5. The van der Waals surface area contributed by atoms with Gasteiger partial charge in [-0.3, -0.25) is 4.90 Å². The number of nitrogens with zero attached hydrogens (tertiary/aromatic N) is 2. The summed E-state index contributed by atoms with van der Waals surface area (Å²) in [6.45, 7) is 9.83. The maximum Gasteiger partial charge on any atom is 0.133 e. The van der Waals surface area contributed by atoms with E-state index in [1.54, 1.807) is 0 Å². The van der Waals surface area contributed by atoms with Crippen LogP contribution in [0.5, 0.6) is 0 Å². The SMILES string of the molecule is Cc1cc(CN2CCSC(C(C)C)C2)no1. The molecular weight excluding hydrogens is 220 g/mol. The first kappa shape index (κ1) is 12.0. The highest BCUT2D eigenvalue weighted by atomic mass is 32.2. The Kier molecular flexibility index (Phi) is 3.92. The molecular formula is C12H20N2OS. The molecule has 0 amide bonds. The van der Waals surface area contributed by atoms with E-state index in [-0.39, 0.29) is 0 Å². The average molecular weight is 240 g/mol. The zero-order valence-corrected chi connectivity index (χ0v) is 11.1. The minimum absolute atomic E-state index is 0.756. The third-order valence-electron chi connectivity index (χ3n) is 2.98. The van der Waals surface area contributed by atoms with Crippen molar-refractivity contribution in [3.05, 3.63) is 17.5 Å². The highest BCUT2D eigenvalue weighted by Gasteiger charge is 2.23. The lowest BCUT2D eigenvalue weighted by Gasteiger charge is -2.33. The number of aromatic nitrogens is 1. The summed E-state index contributed by atoms with van der Waals surface area (Å²) in [6, 6.07) is 2.03. The van der Waals surface area contributed by atoms with Crippen LogP contribution in [0.3, 0.4) is 0 Å². The number of hydrogen-bond acceptors (Lipinski definition) is 4. The molecule has 0 radical (unpaired) electrons. The second-order valence-corrected chi connectivity index (χ2v) is 6.16. The first-order valence-corrected chi connectivity index (χ1v) is 6.96. The van der Waals surface area contributed by atoms with Crippen LogP contribution in [0.2, 0.25) is 0 Å². The van der Waals surface area contributed by atoms with E-state index in [1.165, 1.54) is 18.8 Å². The average Bonchev–Trinajstić information content (AvgIpc) is 2.64. The van der Waals surface area contributed by atoms with Crippen molar-refractivity contribution >= 4 is 11.8 Å². The third-order valence-corrected chi connectivity index (χ3v) is 4.52. The second kappa shape index (κ2) is 5.23. The fourth-order valence-electron chi connectivity index (χ4n) is 2.00. The van der Waals surface area contributed by atoms with Gasteiger partial charge < -0.3 is 4.52 Å². The Morgan fingerprint density at radius 2 is 2.44 bits per heavy atom. The third kappa shape index (κ3) is 3.01. The molecule has 0 bridgehead atoms. The van der Waals surface area contributed by atoms with Crippen molar-refractivity contribution in [2.24, 2.45) is 5.92 Å². The van der Waals surface area contributed by atoms with Crippen LogP contribution in [0.4, 0.5) is 0 Å². The summed E-state index contributed by atoms with van der Waals surface area (Å²) in [5, 5.41) is 4.82. The molecule has 2 heterocycles. The molecule has 0 saturated carbocycles. The Labute approximate surface area is 102 Å². The van der Waals surface area contributed by atoms with Gasteiger partial charge in [-0.1, -0.05) is 19.0 Å². The van der Waals surface area contributed by atoms with E-state index >= 15 is 0 Å². The molecule has 0 spiro atoms. The molecule has 1 aromatic heterocycles. The molecule has 3 nitrogen and oxygen atoms in total. The molecule has 1 aliphatic heterocycles. The van der Waals surface area contributed by atoms with Gasteiger partial charge in [0.15, 0.2) is 0 Å². The minimum atomic E-state index is 0.756. The molecule has 1 saturated heterocycles. The number of rotatable bonds is 3. The van der Waals surface area contributed by atoms with Gasteiger partial charge in [-0.25, -0.2) is 0 Å². The molecule has 90 valence electrons. The lowest BCUT2D eigenvalue weighted by Crippen LogP contribution is -2.39. The van der Waals surface area contributed by atoms with Crippen molar-refractivity contribution in [2.45, 2.75) is 32.6 Å². The monoisotopic (exact) mass is 240 g/mol. The predicted octanol–water partition coefficient (Wildman–Crippen LogP) is 2.56. The Balaban J connectivity index is 1.90. The highest BCUT2D eigenvalue weighted by Crippen LogP contribution is 2.25. The van der Waals surface area contributed by atoms with E-state index in [2.05, 4.69) is 35.7 Å². The molecule has 1 unspecified atom stereocenters. The number of thioether (sulfide) groups is 1. The Hall–Kier alpha value is -0.480. The van der Waals surface area contributed by atoms with E-state index in [0.29, 0.717) is 0 Å². The molecule has 0 aliphatic carbocycles. The normalized spacial score (nSPS) is 22.9. The molecule has 1 aromatic rings. The van der Waals surface area contributed by atoms with Crippen LogP contribution in [-0.2, 0) is 6.54 Å². The number of hydrogen-bond donors (Lipinski definition) is 0. The van der Waals surface area contributed by atoms with E-state index in [9.17, 15) is 0 Å². The lowest BCUT2D eigenvalue weighted by atomic mass is 10.1. The quantitative estimate of drug-likeness (QED) is 0.812. The van der Waals surface area contributed by atoms with Gasteiger partial charge in [0.2, 0.25) is 0 Å². The maximum atomic E-state index is 5.10. The Morgan fingerprint density at radius 3 is 3.06 bits per heavy atom. The maximum absolute atomic E-state index is 5.10. The summed E-state index contributed by atoms with van der Waals surface area (Å²) in [4.78, 5) is 2.48. The van der Waals surface area contributed by atoms with Crippen molar-refractivity contribution in [2.75, 3.05) is 18.8 Å². The fourth-order valence-corrected chi connectivity index (χ4v) is 3.37. The predicted molar refractivity (Wildman–Crippen MR) is 67.6 cm³/mol. The first-order chi connectivity index (χ1) is 7.65. The molecule has 16 heavy (non-hydrogen) atoms. The summed E-state index contributed by atoms with van der Waals surface area (Å²) in [6.07, 6.45) is 0. The second-order valence-electron chi connectivity index (χ2n) is 4.82. The minimum Gasteiger partial charge on any atom is -0.361 e.